The molecule has 0 aliphatic carbocycles. The molecule has 0 bridgehead atoms. The van der Waals surface area contributed by atoms with Crippen LogP contribution in [0.15, 0.2) is 18.2 Å². The summed E-state index contributed by atoms with van der Waals surface area (Å²) in [6, 6.07) is 2.65. The number of halogens is 3. The minimum atomic E-state index is -4.43. The molecule has 1 aromatic rings. The van der Waals surface area contributed by atoms with E-state index in [1.165, 1.54) is 11.0 Å². The van der Waals surface area contributed by atoms with Gasteiger partial charge in [0.25, 0.3) is 0 Å². The monoisotopic (exact) mass is 259 g/mol. The number of carbonyl (C=O) groups excluding carboxylic acids is 1. The van der Waals surface area contributed by atoms with E-state index in [1.54, 1.807) is 0 Å². The Hall–Kier alpha value is -1.92. The van der Waals surface area contributed by atoms with Crippen LogP contribution in [0.4, 0.5) is 29.3 Å². The largest absolute Gasteiger partial charge is 0.416 e. The first-order valence-electron chi connectivity index (χ1n) is 5.41. The van der Waals surface area contributed by atoms with Crippen LogP contribution < -0.4 is 16.0 Å². The highest BCUT2D eigenvalue weighted by atomic mass is 19.4. The lowest BCUT2D eigenvalue weighted by molar-refractivity contribution is -0.137. The standard InChI is InChI=1S/C11H12F3N3O/c12-11(13,14)7-2-3-9(8(15)6-7)17-5-1-4-16-10(17)18/h2-3,6H,1,4-5,15H2,(H,16,18). The number of rotatable bonds is 1. The van der Waals surface area contributed by atoms with E-state index < -0.39 is 11.7 Å². The number of benzene rings is 1. The van der Waals surface area contributed by atoms with Crippen molar-refractivity contribution in [3.05, 3.63) is 23.8 Å². The molecule has 1 aromatic carbocycles. The number of nitrogen functional groups attached to an aromatic ring is 1. The third-order valence-corrected chi connectivity index (χ3v) is 2.73. The predicted molar refractivity (Wildman–Crippen MR) is 61.2 cm³/mol. The van der Waals surface area contributed by atoms with Crippen LogP contribution in [0.2, 0.25) is 0 Å². The quantitative estimate of drug-likeness (QED) is 0.760. The van der Waals surface area contributed by atoms with E-state index in [4.69, 9.17) is 5.73 Å². The van der Waals surface area contributed by atoms with Gasteiger partial charge in [-0.2, -0.15) is 13.2 Å². The molecule has 0 spiro atoms. The Labute approximate surface area is 102 Å². The van der Waals surface area contributed by atoms with Crippen LogP contribution in [-0.2, 0) is 6.18 Å². The van der Waals surface area contributed by atoms with Gasteiger partial charge in [-0.3, -0.25) is 4.90 Å². The third kappa shape index (κ3) is 2.34. The highest BCUT2D eigenvalue weighted by Crippen LogP contribution is 2.34. The topological polar surface area (TPSA) is 58.4 Å². The number of nitrogens with two attached hydrogens (primary N) is 1. The molecular weight excluding hydrogens is 247 g/mol. The van der Waals surface area contributed by atoms with Gasteiger partial charge < -0.3 is 11.1 Å². The van der Waals surface area contributed by atoms with Gasteiger partial charge in [0.2, 0.25) is 0 Å². The molecule has 1 aliphatic rings. The second-order valence-corrected chi connectivity index (χ2v) is 4.01. The van der Waals surface area contributed by atoms with E-state index in [0.29, 0.717) is 18.8 Å². The Morgan fingerprint density at radius 2 is 2.06 bits per heavy atom. The van der Waals surface area contributed by atoms with Crippen molar-refractivity contribution in [1.29, 1.82) is 0 Å². The highest BCUT2D eigenvalue weighted by molar-refractivity contribution is 5.95. The van der Waals surface area contributed by atoms with Crippen molar-refractivity contribution in [3.8, 4) is 0 Å². The molecule has 3 N–H and O–H groups in total. The average molecular weight is 259 g/mol. The molecule has 1 fully saturated rings. The Balaban J connectivity index is 2.32. The maximum Gasteiger partial charge on any atom is 0.416 e. The first-order valence-corrected chi connectivity index (χ1v) is 5.41. The number of hydrogen-bond acceptors (Lipinski definition) is 2. The van der Waals surface area contributed by atoms with Crippen LogP contribution in [0.5, 0.6) is 0 Å². The van der Waals surface area contributed by atoms with E-state index in [1.807, 2.05) is 0 Å². The molecule has 0 unspecified atom stereocenters. The van der Waals surface area contributed by atoms with Gasteiger partial charge in [-0.15, -0.1) is 0 Å². The Kier molecular flexibility index (Phi) is 3.06. The average Bonchev–Trinajstić information content (AvgIpc) is 2.29. The maximum absolute atomic E-state index is 12.5. The lowest BCUT2D eigenvalue weighted by atomic mass is 10.1. The summed E-state index contributed by atoms with van der Waals surface area (Å²) < 4.78 is 37.4. The maximum atomic E-state index is 12.5. The molecule has 2 amide bonds. The van der Waals surface area contributed by atoms with Crippen molar-refractivity contribution >= 4 is 17.4 Å². The highest BCUT2D eigenvalue weighted by Gasteiger charge is 2.31. The molecule has 0 radical (unpaired) electrons. The van der Waals surface area contributed by atoms with Crippen LogP contribution in [0.25, 0.3) is 0 Å². The van der Waals surface area contributed by atoms with E-state index in [0.717, 1.165) is 18.6 Å². The molecular formula is C11H12F3N3O. The number of carbonyl (C=O) groups is 1. The van der Waals surface area contributed by atoms with Crippen molar-refractivity contribution in [3.63, 3.8) is 0 Å². The molecule has 1 saturated heterocycles. The van der Waals surface area contributed by atoms with Crippen LogP contribution in [-0.4, -0.2) is 19.1 Å². The zero-order valence-electron chi connectivity index (χ0n) is 9.42. The van der Waals surface area contributed by atoms with Crippen molar-refractivity contribution in [2.45, 2.75) is 12.6 Å². The molecule has 0 atom stereocenters. The number of alkyl halides is 3. The fraction of sp³-hybridized carbons (Fsp3) is 0.364. The summed E-state index contributed by atoms with van der Waals surface area (Å²) in [5.74, 6) is 0. The van der Waals surface area contributed by atoms with Crippen molar-refractivity contribution < 1.29 is 18.0 Å². The van der Waals surface area contributed by atoms with E-state index in [2.05, 4.69) is 5.32 Å². The SMILES string of the molecule is Nc1cc(C(F)(F)F)ccc1N1CCCNC1=O. The van der Waals surface area contributed by atoms with Gasteiger partial charge in [0, 0.05) is 13.1 Å². The fourth-order valence-electron chi connectivity index (χ4n) is 1.84. The van der Waals surface area contributed by atoms with Gasteiger partial charge in [0.15, 0.2) is 0 Å². The summed E-state index contributed by atoms with van der Waals surface area (Å²) in [6.45, 7) is 1.01. The summed E-state index contributed by atoms with van der Waals surface area (Å²) in [5, 5.41) is 2.61. The van der Waals surface area contributed by atoms with Gasteiger partial charge in [-0.1, -0.05) is 0 Å². The lowest BCUT2D eigenvalue weighted by Gasteiger charge is -2.28. The predicted octanol–water partition coefficient (Wildman–Crippen LogP) is 2.21. The zero-order valence-corrected chi connectivity index (χ0v) is 9.42. The number of nitrogens with zero attached hydrogens (tertiary/aromatic N) is 1. The number of nitrogens with one attached hydrogen (secondary N) is 1. The number of hydrogen-bond donors (Lipinski definition) is 2. The number of anilines is 2. The summed E-state index contributed by atoms with van der Waals surface area (Å²) in [7, 11) is 0. The van der Waals surface area contributed by atoms with Crippen LogP contribution in [0.3, 0.4) is 0 Å². The molecule has 2 rings (SSSR count). The first kappa shape index (κ1) is 12.5. The smallest absolute Gasteiger partial charge is 0.397 e. The van der Waals surface area contributed by atoms with Crippen LogP contribution >= 0.6 is 0 Å². The molecule has 1 heterocycles. The number of amides is 2. The zero-order chi connectivity index (χ0) is 13.3. The second kappa shape index (κ2) is 4.40. The summed E-state index contributed by atoms with van der Waals surface area (Å²) >= 11 is 0. The summed E-state index contributed by atoms with van der Waals surface area (Å²) in [5.41, 5.74) is 5.02. The molecule has 1 aliphatic heterocycles. The van der Waals surface area contributed by atoms with Gasteiger partial charge >= 0.3 is 12.2 Å². The first-order chi connectivity index (χ1) is 8.39. The third-order valence-electron chi connectivity index (χ3n) is 2.73. The minimum Gasteiger partial charge on any atom is -0.397 e. The van der Waals surface area contributed by atoms with E-state index in [-0.39, 0.29) is 11.7 Å². The van der Waals surface area contributed by atoms with Gasteiger partial charge in [0.1, 0.15) is 0 Å². The van der Waals surface area contributed by atoms with Gasteiger partial charge in [-0.25, -0.2) is 4.79 Å². The Bertz CT molecular complexity index is 473. The van der Waals surface area contributed by atoms with Crippen LogP contribution in [0.1, 0.15) is 12.0 Å². The minimum absolute atomic E-state index is 0.0538. The summed E-state index contributed by atoms with van der Waals surface area (Å²) in [6.07, 6.45) is -3.71. The molecule has 0 aromatic heterocycles. The van der Waals surface area contributed by atoms with Crippen molar-refractivity contribution in [1.82, 2.24) is 5.32 Å². The Morgan fingerprint density at radius 3 is 2.61 bits per heavy atom. The molecule has 98 valence electrons. The van der Waals surface area contributed by atoms with Gasteiger partial charge in [0.05, 0.1) is 16.9 Å². The van der Waals surface area contributed by atoms with Crippen LogP contribution in [0, 0.1) is 0 Å². The van der Waals surface area contributed by atoms with Crippen molar-refractivity contribution in [2.24, 2.45) is 0 Å². The van der Waals surface area contributed by atoms with Crippen molar-refractivity contribution in [2.75, 3.05) is 23.7 Å². The van der Waals surface area contributed by atoms with Gasteiger partial charge in [-0.05, 0) is 24.6 Å². The number of urea groups is 1. The Morgan fingerprint density at radius 1 is 1.33 bits per heavy atom. The lowest BCUT2D eigenvalue weighted by Crippen LogP contribution is -2.46. The normalized spacial score (nSPS) is 16.6. The molecule has 7 heteroatoms. The molecule has 18 heavy (non-hydrogen) atoms. The summed E-state index contributed by atoms with van der Waals surface area (Å²) in [4.78, 5) is 12.9. The van der Waals surface area contributed by atoms with E-state index in [9.17, 15) is 18.0 Å². The second-order valence-electron chi connectivity index (χ2n) is 4.01. The van der Waals surface area contributed by atoms with E-state index >= 15 is 0 Å². The molecule has 0 saturated carbocycles. The molecule has 4 nitrogen and oxygen atoms in total. The fourth-order valence-corrected chi connectivity index (χ4v) is 1.84.